The topological polar surface area (TPSA) is 194 Å². The van der Waals surface area contributed by atoms with E-state index in [9.17, 15) is 32.7 Å². The molecule has 1 saturated heterocycles. The van der Waals surface area contributed by atoms with Gasteiger partial charge in [0.2, 0.25) is 15.9 Å². The molecule has 0 radical (unpaired) electrons. The van der Waals surface area contributed by atoms with E-state index in [1.54, 1.807) is 43.3 Å². The van der Waals surface area contributed by atoms with E-state index in [1.165, 1.54) is 17.0 Å². The van der Waals surface area contributed by atoms with Gasteiger partial charge in [-0.05, 0) is 93.0 Å². The Labute approximate surface area is 307 Å². The van der Waals surface area contributed by atoms with Crippen LogP contribution in [0.25, 0.3) is 0 Å². The van der Waals surface area contributed by atoms with Crippen molar-refractivity contribution < 1.29 is 42.2 Å². The van der Waals surface area contributed by atoms with Gasteiger partial charge in [0.15, 0.2) is 0 Å². The van der Waals surface area contributed by atoms with Crippen LogP contribution in [0.5, 0.6) is 5.75 Å². The van der Waals surface area contributed by atoms with E-state index in [4.69, 9.17) is 26.2 Å². The summed E-state index contributed by atoms with van der Waals surface area (Å²) in [4.78, 5) is 53.4. The summed E-state index contributed by atoms with van der Waals surface area (Å²) < 4.78 is 34.8. The van der Waals surface area contributed by atoms with E-state index in [1.807, 2.05) is 18.2 Å². The lowest BCUT2D eigenvalue weighted by atomic mass is 9.84. The SMILES string of the molecule is C[C@H](N[C@@H](CCc1ccc(NC(=O)c2ccc(Cl)c(S(N)(=O)=O)c2)cc1)C(=O)OCCOc1ccccc1)C(=O)N1[C@@H]2CCCC[C@@H]2C[C@H]1C(=O)O. The van der Waals surface area contributed by atoms with E-state index in [2.05, 4.69) is 10.6 Å². The highest BCUT2D eigenvalue weighted by atomic mass is 35.5. The molecule has 3 aromatic rings. The molecule has 3 aromatic carbocycles. The number of carboxylic acids is 1. The number of aliphatic carboxylic acids is 1. The van der Waals surface area contributed by atoms with Crippen LogP contribution in [0.2, 0.25) is 5.02 Å². The molecule has 13 nitrogen and oxygen atoms in total. The minimum Gasteiger partial charge on any atom is -0.490 e. The number of sulfonamides is 1. The number of primary sulfonamides is 1. The number of fused-ring (bicyclic) bond motifs is 1. The minimum absolute atomic E-state index is 0.0219. The number of esters is 1. The molecule has 15 heteroatoms. The van der Waals surface area contributed by atoms with Crippen molar-refractivity contribution in [1.82, 2.24) is 10.2 Å². The summed E-state index contributed by atoms with van der Waals surface area (Å²) in [6.45, 7) is 1.74. The Balaban J connectivity index is 1.23. The minimum atomic E-state index is -4.13. The van der Waals surface area contributed by atoms with E-state index < -0.39 is 46.0 Å². The standard InChI is InChI=1S/C37H43ClN4O9S/c1-23(35(44)42-31-10-6-5-7-25(31)21-32(42)36(45)46)40-30(37(47)51-20-19-50-28-8-3-2-4-9-28)18-13-24-11-15-27(16-12-24)41-34(43)26-14-17-29(38)33(22-26)52(39,48)49/h2-4,8-9,11-12,14-17,22-23,25,30-32,40H,5-7,10,13,18-21H2,1H3,(H,41,43)(H,45,46)(H2,39,48,49)/t23-,25+,30-,31+,32-/m0/s1. The number of nitrogens with zero attached hydrogens (tertiary/aromatic N) is 1. The maximum atomic E-state index is 13.8. The Hall–Kier alpha value is -4.50. The summed E-state index contributed by atoms with van der Waals surface area (Å²) in [7, 11) is -4.13. The van der Waals surface area contributed by atoms with Crippen molar-refractivity contribution in [3.05, 3.63) is 88.9 Å². The van der Waals surface area contributed by atoms with E-state index in [0.717, 1.165) is 37.3 Å². The number of nitrogens with two attached hydrogens (primary N) is 1. The van der Waals surface area contributed by atoms with Crippen LogP contribution in [-0.4, -0.2) is 79.6 Å². The third-order valence-corrected chi connectivity index (χ3v) is 10.9. The number of anilines is 1. The quantitative estimate of drug-likeness (QED) is 0.128. The molecule has 0 unspecified atom stereocenters. The zero-order chi connectivity index (χ0) is 37.4. The second-order valence-corrected chi connectivity index (χ2v) is 15.0. The summed E-state index contributed by atoms with van der Waals surface area (Å²) in [5, 5.41) is 20.9. The van der Waals surface area contributed by atoms with Crippen LogP contribution in [0.4, 0.5) is 5.69 Å². The number of hydrogen-bond donors (Lipinski definition) is 4. The van der Waals surface area contributed by atoms with E-state index in [0.29, 0.717) is 24.3 Å². The largest absolute Gasteiger partial charge is 0.490 e. The van der Waals surface area contributed by atoms with Crippen molar-refractivity contribution in [3.63, 3.8) is 0 Å². The smallest absolute Gasteiger partial charge is 0.326 e. The predicted octanol–water partition coefficient (Wildman–Crippen LogP) is 4.39. The monoisotopic (exact) mass is 754 g/mol. The molecule has 52 heavy (non-hydrogen) atoms. The van der Waals surface area contributed by atoms with Gasteiger partial charge in [0.25, 0.3) is 5.91 Å². The Morgan fingerprint density at radius 3 is 2.40 bits per heavy atom. The Morgan fingerprint density at radius 2 is 1.71 bits per heavy atom. The first-order chi connectivity index (χ1) is 24.8. The molecule has 1 aliphatic heterocycles. The number of hydrogen-bond acceptors (Lipinski definition) is 9. The van der Waals surface area contributed by atoms with Crippen molar-refractivity contribution in [2.24, 2.45) is 11.1 Å². The highest BCUT2D eigenvalue weighted by Gasteiger charge is 2.48. The van der Waals surface area contributed by atoms with Crippen molar-refractivity contribution in [1.29, 1.82) is 0 Å². The van der Waals surface area contributed by atoms with Crippen LogP contribution < -0.4 is 20.5 Å². The van der Waals surface area contributed by atoms with Crippen LogP contribution in [0.1, 0.15) is 61.4 Å². The van der Waals surface area contributed by atoms with Crippen LogP contribution in [0.15, 0.2) is 77.7 Å². The summed E-state index contributed by atoms with van der Waals surface area (Å²) in [6, 6.07) is 16.9. The number of carbonyl (C=O) groups excluding carboxylic acids is 3. The second-order valence-electron chi connectivity index (χ2n) is 13.1. The number of aryl methyl sites for hydroxylation is 1. The Kier molecular flexibility index (Phi) is 12.9. The highest BCUT2D eigenvalue weighted by molar-refractivity contribution is 7.89. The number of ether oxygens (including phenoxy) is 2. The number of carbonyl (C=O) groups is 4. The molecule has 2 amide bonds. The zero-order valence-electron chi connectivity index (χ0n) is 28.7. The zero-order valence-corrected chi connectivity index (χ0v) is 30.3. The van der Waals surface area contributed by atoms with Crippen molar-refractivity contribution in [3.8, 4) is 5.75 Å². The maximum Gasteiger partial charge on any atom is 0.326 e. The molecule has 2 fully saturated rings. The molecule has 1 saturated carbocycles. The number of benzene rings is 3. The average Bonchev–Trinajstić information content (AvgIpc) is 3.52. The van der Waals surface area contributed by atoms with Gasteiger partial charge in [0.05, 0.1) is 11.1 Å². The lowest BCUT2D eigenvalue weighted by Gasteiger charge is -2.35. The molecule has 1 heterocycles. The fourth-order valence-corrected chi connectivity index (χ4v) is 7.99. The van der Waals surface area contributed by atoms with Gasteiger partial charge in [0, 0.05) is 17.3 Å². The molecule has 1 aliphatic carbocycles. The Morgan fingerprint density at radius 1 is 1.00 bits per heavy atom. The van der Waals surface area contributed by atoms with E-state index in [-0.39, 0.29) is 53.0 Å². The normalized spacial score (nSPS) is 19.6. The number of likely N-dealkylation sites (tertiary alicyclic amines) is 1. The van der Waals surface area contributed by atoms with Gasteiger partial charge in [-0.25, -0.2) is 18.4 Å². The molecule has 0 aromatic heterocycles. The summed E-state index contributed by atoms with van der Waals surface area (Å²) >= 11 is 5.93. The number of carboxylic acid groups (broad SMARTS) is 1. The lowest BCUT2D eigenvalue weighted by molar-refractivity contribution is -0.152. The van der Waals surface area contributed by atoms with Crippen LogP contribution >= 0.6 is 11.6 Å². The number of amides is 2. The van der Waals surface area contributed by atoms with Crippen LogP contribution in [0, 0.1) is 5.92 Å². The molecular formula is C37H43ClN4O9S. The van der Waals surface area contributed by atoms with Gasteiger partial charge < -0.3 is 24.8 Å². The van der Waals surface area contributed by atoms with Gasteiger partial charge in [0.1, 0.15) is 35.9 Å². The van der Waals surface area contributed by atoms with Crippen LogP contribution in [0.3, 0.4) is 0 Å². The molecular weight excluding hydrogens is 712 g/mol. The summed E-state index contributed by atoms with van der Waals surface area (Å²) in [5.74, 6) is -1.75. The van der Waals surface area contributed by atoms with Crippen LogP contribution in [-0.2, 0) is 35.6 Å². The van der Waals surface area contributed by atoms with Gasteiger partial charge in [-0.3, -0.25) is 19.7 Å². The number of rotatable bonds is 15. The molecule has 0 spiro atoms. The fraction of sp³-hybridized carbons (Fsp3) is 0.405. The molecule has 0 bridgehead atoms. The predicted molar refractivity (Wildman–Crippen MR) is 193 cm³/mol. The van der Waals surface area contributed by atoms with Crippen molar-refractivity contribution >= 4 is 51.1 Å². The fourth-order valence-electron chi connectivity index (χ4n) is 6.91. The first-order valence-electron chi connectivity index (χ1n) is 17.2. The third kappa shape index (κ3) is 9.88. The number of nitrogens with one attached hydrogen (secondary N) is 2. The number of halogens is 1. The van der Waals surface area contributed by atoms with E-state index >= 15 is 0 Å². The highest BCUT2D eigenvalue weighted by Crippen LogP contribution is 2.40. The van der Waals surface area contributed by atoms with Crippen molar-refractivity contribution in [2.45, 2.75) is 80.9 Å². The third-order valence-electron chi connectivity index (χ3n) is 9.51. The van der Waals surface area contributed by atoms with Gasteiger partial charge in [-0.15, -0.1) is 0 Å². The first-order valence-corrected chi connectivity index (χ1v) is 19.1. The second kappa shape index (κ2) is 17.3. The molecule has 278 valence electrons. The average molecular weight is 755 g/mol. The van der Waals surface area contributed by atoms with Crippen molar-refractivity contribution in [2.75, 3.05) is 18.5 Å². The molecule has 5 rings (SSSR count). The first kappa shape index (κ1) is 38.7. The van der Waals surface area contributed by atoms with Gasteiger partial charge in [-0.2, -0.15) is 0 Å². The summed E-state index contributed by atoms with van der Waals surface area (Å²) in [6.07, 6.45) is 4.67. The lowest BCUT2D eigenvalue weighted by Crippen LogP contribution is -2.55. The maximum absolute atomic E-state index is 13.8. The molecule has 2 aliphatic rings. The number of para-hydroxylation sites is 1. The summed E-state index contributed by atoms with van der Waals surface area (Å²) in [5.41, 5.74) is 1.31. The van der Waals surface area contributed by atoms with Gasteiger partial charge >= 0.3 is 11.9 Å². The molecule has 5 atom stereocenters. The molecule has 5 N–H and O–H groups in total. The van der Waals surface area contributed by atoms with Gasteiger partial charge in [-0.1, -0.05) is 54.8 Å². The Bertz CT molecular complexity index is 1860.